The maximum Gasteiger partial charge on any atom is 0.123 e. The van der Waals surface area contributed by atoms with Crippen molar-refractivity contribution < 1.29 is 4.39 Å². The number of hydrogen-bond donors (Lipinski definition) is 0. The zero-order valence-electron chi connectivity index (χ0n) is 14.3. The first-order valence-corrected chi connectivity index (χ1v) is 11.4. The second kappa shape index (κ2) is 5.84. The Hall–Kier alpha value is -2.51. The summed E-state index contributed by atoms with van der Waals surface area (Å²) >= 11 is 0. The maximum absolute atomic E-state index is 13.3. The molecule has 2 aromatic carbocycles. The molecule has 0 atom stereocenters. The number of nitrogens with zero attached hydrogens (tertiary/aromatic N) is 2. The summed E-state index contributed by atoms with van der Waals surface area (Å²) in [5, 5.41) is 11.9. The van der Waals surface area contributed by atoms with Gasteiger partial charge in [0.25, 0.3) is 0 Å². The van der Waals surface area contributed by atoms with Crippen LogP contribution < -0.4 is 5.19 Å². The maximum atomic E-state index is 13.3. The van der Waals surface area contributed by atoms with E-state index in [1.165, 1.54) is 17.3 Å². The van der Waals surface area contributed by atoms with E-state index in [0.29, 0.717) is 5.56 Å². The van der Waals surface area contributed by atoms with E-state index in [1.54, 1.807) is 18.3 Å². The number of pyridine rings is 1. The molecular formula is C20H19FN2Si. The molecule has 0 aliphatic carbocycles. The summed E-state index contributed by atoms with van der Waals surface area (Å²) < 4.78 is 13.3. The number of aryl methyl sites for hydroxylation is 1. The number of nitriles is 1. The Morgan fingerprint density at radius 2 is 1.75 bits per heavy atom. The molecule has 0 unspecified atom stereocenters. The average molecular weight is 334 g/mol. The molecule has 24 heavy (non-hydrogen) atoms. The van der Waals surface area contributed by atoms with Crippen LogP contribution in [0.5, 0.6) is 0 Å². The summed E-state index contributed by atoms with van der Waals surface area (Å²) in [6.45, 7) is 8.83. The Balaban J connectivity index is 2.48. The lowest BCUT2D eigenvalue weighted by atomic mass is 9.97. The fourth-order valence-electron chi connectivity index (χ4n) is 3.07. The highest BCUT2D eigenvalue weighted by Gasteiger charge is 2.24. The second-order valence-electron chi connectivity index (χ2n) is 7.07. The lowest BCUT2D eigenvalue weighted by Gasteiger charge is -2.22. The molecule has 0 aliphatic heterocycles. The average Bonchev–Trinajstić information content (AvgIpc) is 2.53. The molecule has 0 spiro atoms. The third-order valence-corrected chi connectivity index (χ3v) is 6.30. The van der Waals surface area contributed by atoms with Gasteiger partial charge in [0.1, 0.15) is 11.9 Å². The molecule has 3 aromatic rings. The molecule has 120 valence electrons. The van der Waals surface area contributed by atoms with Crippen LogP contribution in [-0.2, 0) is 0 Å². The highest BCUT2D eigenvalue weighted by Crippen LogP contribution is 2.30. The van der Waals surface area contributed by atoms with Crippen molar-refractivity contribution in [3.05, 3.63) is 59.5 Å². The molecule has 3 rings (SSSR count). The standard InChI is InChI=1S/C20H19FN2Si/c1-13-11-18(24(2,3)4)19-16(14-5-7-15(21)8-6-14)9-10-23-20(19)17(13)12-22/h5-11H,1-4H3. The van der Waals surface area contributed by atoms with Gasteiger partial charge in [0.05, 0.1) is 19.2 Å². The minimum absolute atomic E-state index is 0.254. The van der Waals surface area contributed by atoms with Gasteiger partial charge in [-0.3, -0.25) is 4.98 Å². The lowest BCUT2D eigenvalue weighted by molar-refractivity contribution is 0.628. The van der Waals surface area contributed by atoms with Gasteiger partial charge in [0.15, 0.2) is 0 Å². The fourth-order valence-corrected chi connectivity index (χ4v) is 4.73. The van der Waals surface area contributed by atoms with E-state index < -0.39 is 8.07 Å². The van der Waals surface area contributed by atoms with Gasteiger partial charge in [-0.1, -0.05) is 37.8 Å². The third-order valence-electron chi connectivity index (χ3n) is 4.29. The van der Waals surface area contributed by atoms with Crippen LogP contribution in [0.2, 0.25) is 19.6 Å². The number of fused-ring (bicyclic) bond motifs is 1. The van der Waals surface area contributed by atoms with Gasteiger partial charge in [-0.25, -0.2) is 4.39 Å². The Kier molecular flexibility index (Phi) is 3.98. The van der Waals surface area contributed by atoms with Crippen LogP contribution in [0.4, 0.5) is 4.39 Å². The van der Waals surface area contributed by atoms with Gasteiger partial charge in [0, 0.05) is 11.6 Å². The molecule has 1 aromatic heterocycles. The van der Waals surface area contributed by atoms with Crippen molar-refractivity contribution in [3.8, 4) is 17.2 Å². The fraction of sp³-hybridized carbons (Fsp3) is 0.200. The van der Waals surface area contributed by atoms with E-state index >= 15 is 0 Å². The molecule has 4 heteroatoms. The highest BCUT2D eigenvalue weighted by molar-refractivity contribution is 6.90. The minimum Gasteiger partial charge on any atom is -0.255 e. The van der Waals surface area contributed by atoms with Crippen LogP contribution in [0.15, 0.2) is 42.6 Å². The van der Waals surface area contributed by atoms with Gasteiger partial charge >= 0.3 is 0 Å². The summed E-state index contributed by atoms with van der Waals surface area (Å²) in [4.78, 5) is 4.52. The quantitative estimate of drug-likeness (QED) is 0.633. The largest absolute Gasteiger partial charge is 0.255 e. The van der Waals surface area contributed by atoms with Crippen molar-refractivity contribution in [2.24, 2.45) is 0 Å². The molecule has 0 saturated heterocycles. The van der Waals surface area contributed by atoms with Crippen LogP contribution in [0.25, 0.3) is 22.0 Å². The van der Waals surface area contributed by atoms with Crippen LogP contribution in [0.3, 0.4) is 0 Å². The number of aromatic nitrogens is 1. The highest BCUT2D eigenvalue weighted by atomic mass is 28.3. The van der Waals surface area contributed by atoms with E-state index in [0.717, 1.165) is 27.6 Å². The topological polar surface area (TPSA) is 36.7 Å². The molecular weight excluding hydrogens is 315 g/mol. The Morgan fingerprint density at radius 1 is 1.08 bits per heavy atom. The smallest absolute Gasteiger partial charge is 0.123 e. The molecule has 2 nitrogen and oxygen atoms in total. The van der Waals surface area contributed by atoms with E-state index in [4.69, 9.17) is 0 Å². The zero-order valence-corrected chi connectivity index (χ0v) is 15.3. The first kappa shape index (κ1) is 16.3. The van der Waals surface area contributed by atoms with Crippen molar-refractivity contribution in [1.82, 2.24) is 4.98 Å². The number of hydrogen-bond acceptors (Lipinski definition) is 2. The molecule has 1 heterocycles. The van der Waals surface area contributed by atoms with Crippen LogP contribution >= 0.6 is 0 Å². The van der Waals surface area contributed by atoms with Crippen molar-refractivity contribution in [3.63, 3.8) is 0 Å². The molecule has 0 bridgehead atoms. The number of benzene rings is 2. The Labute approximate surface area is 142 Å². The van der Waals surface area contributed by atoms with E-state index in [9.17, 15) is 9.65 Å². The number of rotatable bonds is 2. The molecule has 0 N–H and O–H groups in total. The summed E-state index contributed by atoms with van der Waals surface area (Å²) in [6, 6.07) is 12.9. The zero-order chi connectivity index (χ0) is 17.5. The van der Waals surface area contributed by atoms with Crippen molar-refractivity contribution >= 4 is 24.2 Å². The van der Waals surface area contributed by atoms with Gasteiger partial charge in [-0.2, -0.15) is 5.26 Å². The van der Waals surface area contributed by atoms with Crippen LogP contribution in [-0.4, -0.2) is 13.1 Å². The molecule has 0 aliphatic rings. The minimum atomic E-state index is -1.66. The molecule has 0 radical (unpaired) electrons. The lowest BCUT2D eigenvalue weighted by Crippen LogP contribution is -2.38. The van der Waals surface area contributed by atoms with Crippen LogP contribution in [0.1, 0.15) is 11.1 Å². The monoisotopic (exact) mass is 334 g/mol. The summed E-state index contributed by atoms with van der Waals surface area (Å²) in [5.74, 6) is -0.254. The van der Waals surface area contributed by atoms with Gasteiger partial charge in [-0.05, 0) is 47.0 Å². The summed E-state index contributed by atoms with van der Waals surface area (Å²) in [5.41, 5.74) is 4.28. The predicted octanol–water partition coefficient (Wildman–Crippen LogP) is 4.77. The van der Waals surface area contributed by atoms with Crippen LogP contribution in [0, 0.1) is 24.1 Å². The first-order valence-electron chi connectivity index (χ1n) is 7.92. The molecule has 0 fully saturated rings. The van der Waals surface area contributed by atoms with Gasteiger partial charge < -0.3 is 0 Å². The summed E-state index contributed by atoms with van der Waals surface area (Å²) in [6.07, 6.45) is 1.73. The number of halogens is 1. The van der Waals surface area contributed by atoms with E-state index in [1.807, 2.05) is 13.0 Å². The van der Waals surface area contributed by atoms with Gasteiger partial charge in [-0.15, -0.1) is 0 Å². The van der Waals surface area contributed by atoms with E-state index in [2.05, 4.69) is 36.8 Å². The summed E-state index contributed by atoms with van der Waals surface area (Å²) in [7, 11) is -1.66. The first-order chi connectivity index (χ1) is 11.3. The third kappa shape index (κ3) is 2.72. The Bertz CT molecular complexity index is 964. The normalized spacial score (nSPS) is 11.5. The SMILES string of the molecule is Cc1cc([Si](C)(C)C)c2c(-c3ccc(F)cc3)ccnc2c1C#N. The molecule has 0 amide bonds. The molecule has 0 saturated carbocycles. The Morgan fingerprint density at radius 3 is 2.33 bits per heavy atom. The van der Waals surface area contributed by atoms with Gasteiger partial charge in [0.2, 0.25) is 0 Å². The second-order valence-corrected chi connectivity index (χ2v) is 12.1. The van der Waals surface area contributed by atoms with Crippen molar-refractivity contribution in [1.29, 1.82) is 5.26 Å². The predicted molar refractivity (Wildman–Crippen MR) is 99.6 cm³/mol. The van der Waals surface area contributed by atoms with E-state index in [-0.39, 0.29) is 5.82 Å². The van der Waals surface area contributed by atoms with Crippen molar-refractivity contribution in [2.75, 3.05) is 0 Å². The van der Waals surface area contributed by atoms with Crippen molar-refractivity contribution in [2.45, 2.75) is 26.6 Å².